The molecule has 2 aromatic rings. The van der Waals surface area contributed by atoms with Gasteiger partial charge in [-0.15, -0.1) is 23.5 Å². The minimum atomic E-state index is 0.799. The fraction of sp³-hybridized carbons (Fsp3) is 0.188. The third-order valence-corrected chi connectivity index (χ3v) is 4.71. The molecule has 0 saturated carbocycles. The summed E-state index contributed by atoms with van der Waals surface area (Å²) >= 11 is 3.35. The first-order valence-electron chi connectivity index (χ1n) is 6.00. The smallest absolute Gasteiger partial charge is 0.101 e. The van der Waals surface area contributed by atoms with Crippen molar-refractivity contribution in [1.82, 2.24) is 0 Å². The molecule has 0 aliphatic heterocycles. The second kappa shape index (κ2) is 6.70. The van der Waals surface area contributed by atoms with E-state index < -0.39 is 0 Å². The zero-order chi connectivity index (χ0) is 13.7. The van der Waals surface area contributed by atoms with E-state index in [-0.39, 0.29) is 0 Å². The quantitative estimate of drug-likeness (QED) is 0.748. The van der Waals surface area contributed by atoms with Gasteiger partial charge >= 0.3 is 0 Å². The van der Waals surface area contributed by atoms with Crippen LogP contribution in [0.3, 0.4) is 0 Å². The molecular weight excluding hydrogens is 270 g/mol. The van der Waals surface area contributed by atoms with E-state index >= 15 is 0 Å². The first-order chi connectivity index (χ1) is 9.24. The molecule has 19 heavy (non-hydrogen) atoms. The molecular formula is C16H15NS2. The van der Waals surface area contributed by atoms with Gasteiger partial charge in [0.25, 0.3) is 0 Å². The number of benzene rings is 2. The van der Waals surface area contributed by atoms with Gasteiger partial charge in [0.1, 0.15) is 6.07 Å². The van der Waals surface area contributed by atoms with E-state index in [2.05, 4.69) is 37.3 Å². The summed E-state index contributed by atoms with van der Waals surface area (Å²) in [5.41, 5.74) is 3.37. The minimum Gasteiger partial charge on any atom is -0.192 e. The van der Waals surface area contributed by atoms with Gasteiger partial charge < -0.3 is 0 Å². The Kier molecular flexibility index (Phi) is 4.95. The second-order valence-electron chi connectivity index (χ2n) is 4.22. The fourth-order valence-electron chi connectivity index (χ4n) is 1.87. The predicted octanol–water partition coefficient (Wildman–Crippen LogP) is 4.88. The Labute approximate surface area is 123 Å². The summed E-state index contributed by atoms with van der Waals surface area (Å²) in [6, 6.07) is 16.9. The van der Waals surface area contributed by atoms with Crippen LogP contribution in [-0.2, 0) is 5.75 Å². The maximum atomic E-state index is 9.30. The second-order valence-corrected chi connectivity index (χ2v) is 6.09. The van der Waals surface area contributed by atoms with E-state index in [9.17, 15) is 5.26 Å². The molecule has 0 unspecified atom stereocenters. The average Bonchev–Trinajstić information content (AvgIpc) is 2.44. The minimum absolute atomic E-state index is 0.799. The number of rotatable bonds is 4. The lowest BCUT2D eigenvalue weighted by molar-refractivity contribution is 1.25. The molecule has 0 radical (unpaired) electrons. The molecule has 0 atom stereocenters. The molecule has 0 aliphatic carbocycles. The summed E-state index contributed by atoms with van der Waals surface area (Å²) in [4.78, 5) is 2.12. The van der Waals surface area contributed by atoms with Crippen molar-refractivity contribution >= 4 is 23.5 Å². The van der Waals surface area contributed by atoms with E-state index in [1.807, 2.05) is 24.5 Å². The summed E-state index contributed by atoms with van der Waals surface area (Å²) in [7, 11) is 0. The average molecular weight is 285 g/mol. The summed E-state index contributed by atoms with van der Waals surface area (Å²) < 4.78 is 0. The lowest BCUT2D eigenvalue weighted by Crippen LogP contribution is -1.87. The number of nitriles is 1. The van der Waals surface area contributed by atoms with E-state index in [1.165, 1.54) is 11.1 Å². The van der Waals surface area contributed by atoms with Gasteiger partial charge in [-0.25, -0.2) is 0 Å². The largest absolute Gasteiger partial charge is 0.192 e. The number of hydrogen-bond acceptors (Lipinski definition) is 3. The molecule has 0 N–H and O–H groups in total. The van der Waals surface area contributed by atoms with Gasteiger partial charge in [0.2, 0.25) is 0 Å². The third-order valence-electron chi connectivity index (χ3n) is 2.80. The van der Waals surface area contributed by atoms with Crippen LogP contribution in [0.5, 0.6) is 0 Å². The molecule has 3 heteroatoms. The van der Waals surface area contributed by atoms with E-state index in [0.29, 0.717) is 0 Å². The van der Waals surface area contributed by atoms with Gasteiger partial charge in [-0.05, 0) is 30.9 Å². The monoisotopic (exact) mass is 285 g/mol. The summed E-state index contributed by atoms with van der Waals surface area (Å²) in [6.45, 7) is 2.10. The van der Waals surface area contributed by atoms with Crippen molar-refractivity contribution in [3.63, 3.8) is 0 Å². The predicted molar refractivity (Wildman–Crippen MR) is 83.7 cm³/mol. The molecule has 0 fully saturated rings. The van der Waals surface area contributed by atoms with Crippen LogP contribution < -0.4 is 0 Å². The topological polar surface area (TPSA) is 23.8 Å². The van der Waals surface area contributed by atoms with Gasteiger partial charge in [-0.2, -0.15) is 5.26 Å². The van der Waals surface area contributed by atoms with Gasteiger partial charge in [0, 0.05) is 15.5 Å². The van der Waals surface area contributed by atoms with Gasteiger partial charge in [0.05, 0.1) is 5.56 Å². The van der Waals surface area contributed by atoms with Crippen LogP contribution >= 0.6 is 23.5 Å². The van der Waals surface area contributed by atoms with Crippen molar-refractivity contribution in [3.05, 3.63) is 59.2 Å². The number of thioether (sulfide) groups is 2. The summed E-state index contributed by atoms with van der Waals surface area (Å²) in [5.74, 6) is 0.897. The SMILES string of the molecule is CSc1cccc(SCc2cccc(C)c2)c1C#N. The van der Waals surface area contributed by atoms with Crippen LogP contribution in [0.15, 0.2) is 52.3 Å². The zero-order valence-corrected chi connectivity index (χ0v) is 12.6. The number of aryl methyl sites for hydroxylation is 1. The van der Waals surface area contributed by atoms with Crippen LogP contribution in [0.25, 0.3) is 0 Å². The van der Waals surface area contributed by atoms with Crippen molar-refractivity contribution < 1.29 is 0 Å². The fourth-order valence-corrected chi connectivity index (χ4v) is 3.49. The Bertz CT molecular complexity index is 614. The Morgan fingerprint density at radius 2 is 1.84 bits per heavy atom. The van der Waals surface area contributed by atoms with Crippen LogP contribution in [-0.4, -0.2) is 6.26 Å². The molecule has 0 aliphatic rings. The van der Waals surface area contributed by atoms with E-state index in [4.69, 9.17) is 0 Å². The first-order valence-corrected chi connectivity index (χ1v) is 8.21. The van der Waals surface area contributed by atoms with Crippen molar-refractivity contribution in [2.75, 3.05) is 6.26 Å². The van der Waals surface area contributed by atoms with Crippen LogP contribution in [0.4, 0.5) is 0 Å². The third kappa shape index (κ3) is 3.56. The highest BCUT2D eigenvalue weighted by Crippen LogP contribution is 2.31. The molecule has 0 aromatic heterocycles. The molecule has 0 saturated heterocycles. The van der Waals surface area contributed by atoms with Crippen LogP contribution in [0.1, 0.15) is 16.7 Å². The molecule has 0 bridgehead atoms. The van der Waals surface area contributed by atoms with Crippen LogP contribution in [0.2, 0.25) is 0 Å². The lowest BCUT2D eigenvalue weighted by Gasteiger charge is -2.07. The molecule has 1 nitrogen and oxygen atoms in total. The van der Waals surface area contributed by atoms with Gasteiger partial charge in [-0.3, -0.25) is 0 Å². The maximum Gasteiger partial charge on any atom is 0.101 e. The molecule has 96 valence electrons. The molecule has 0 amide bonds. The van der Waals surface area contributed by atoms with Crippen LogP contribution in [0, 0.1) is 18.3 Å². The van der Waals surface area contributed by atoms with Crippen molar-refractivity contribution in [3.8, 4) is 6.07 Å². The number of nitrogens with zero attached hydrogens (tertiary/aromatic N) is 1. The lowest BCUT2D eigenvalue weighted by atomic mass is 10.2. The van der Waals surface area contributed by atoms with Crippen molar-refractivity contribution in [2.24, 2.45) is 0 Å². The molecule has 0 spiro atoms. The van der Waals surface area contributed by atoms with Gasteiger partial charge in [0.15, 0.2) is 0 Å². The summed E-state index contributed by atoms with van der Waals surface area (Å²) in [5, 5.41) is 9.30. The maximum absolute atomic E-state index is 9.30. The first kappa shape index (κ1) is 14.0. The van der Waals surface area contributed by atoms with Gasteiger partial charge in [-0.1, -0.05) is 35.9 Å². The molecule has 0 heterocycles. The Morgan fingerprint density at radius 3 is 2.53 bits per heavy atom. The van der Waals surface area contributed by atoms with E-state index in [1.54, 1.807) is 23.5 Å². The van der Waals surface area contributed by atoms with E-state index in [0.717, 1.165) is 21.1 Å². The highest BCUT2D eigenvalue weighted by molar-refractivity contribution is 7.99. The number of hydrogen-bond donors (Lipinski definition) is 0. The molecule has 2 rings (SSSR count). The zero-order valence-electron chi connectivity index (χ0n) is 11.0. The Balaban J connectivity index is 2.18. The molecule has 2 aromatic carbocycles. The summed E-state index contributed by atoms with van der Waals surface area (Å²) in [6.07, 6.45) is 2.01. The van der Waals surface area contributed by atoms with Crippen molar-refractivity contribution in [2.45, 2.75) is 22.5 Å². The Morgan fingerprint density at radius 1 is 1.11 bits per heavy atom. The standard InChI is InChI=1S/C16H15NS2/c1-12-5-3-6-13(9-12)11-19-16-8-4-7-15(18-2)14(16)10-17/h3-9H,11H2,1-2H3. The highest BCUT2D eigenvalue weighted by Gasteiger charge is 2.07. The normalized spacial score (nSPS) is 10.2. The van der Waals surface area contributed by atoms with Crippen molar-refractivity contribution in [1.29, 1.82) is 5.26 Å². The Hall–Kier alpha value is -1.37. The highest BCUT2D eigenvalue weighted by atomic mass is 32.2.